The zero-order valence-corrected chi connectivity index (χ0v) is 12.0. The van der Waals surface area contributed by atoms with Crippen LogP contribution in [-0.2, 0) is 12.8 Å². The van der Waals surface area contributed by atoms with Gasteiger partial charge in [-0.2, -0.15) is 5.10 Å². The molecule has 102 valence electrons. The molecule has 0 saturated carbocycles. The zero-order chi connectivity index (χ0) is 13.6. The Labute approximate surface area is 110 Å². The Balaban J connectivity index is 2.74. The fourth-order valence-electron chi connectivity index (χ4n) is 1.77. The van der Waals surface area contributed by atoms with Crippen molar-refractivity contribution < 1.29 is 0 Å². The Morgan fingerprint density at radius 2 is 1.61 bits per heavy atom. The lowest BCUT2D eigenvalue weighted by atomic mass is 9.94. The molecule has 0 amide bonds. The first kappa shape index (κ1) is 14.8. The molecule has 0 saturated heterocycles. The van der Waals surface area contributed by atoms with E-state index < -0.39 is 0 Å². The Morgan fingerprint density at radius 1 is 1.00 bits per heavy atom. The second-order valence-electron chi connectivity index (χ2n) is 4.66. The Morgan fingerprint density at radius 3 is 2.11 bits per heavy atom. The van der Waals surface area contributed by atoms with E-state index in [9.17, 15) is 0 Å². The molecule has 0 fully saturated rings. The summed E-state index contributed by atoms with van der Waals surface area (Å²) in [7, 11) is 0. The van der Waals surface area contributed by atoms with Gasteiger partial charge in [-0.25, -0.2) is 4.98 Å². The van der Waals surface area contributed by atoms with Crippen LogP contribution in [0.1, 0.15) is 51.9 Å². The van der Waals surface area contributed by atoms with Crippen LogP contribution in [0.3, 0.4) is 0 Å². The smallest absolute Gasteiger partial charge is 0.243 e. The molecule has 0 bridgehead atoms. The van der Waals surface area contributed by atoms with Crippen LogP contribution < -0.4 is 11.1 Å². The Kier molecular flexibility index (Phi) is 5.47. The predicted molar refractivity (Wildman–Crippen MR) is 74.6 cm³/mol. The van der Waals surface area contributed by atoms with Gasteiger partial charge < -0.3 is 11.1 Å². The van der Waals surface area contributed by atoms with E-state index in [-0.39, 0.29) is 5.54 Å². The number of anilines is 1. The Bertz CT molecular complexity index is 374. The summed E-state index contributed by atoms with van der Waals surface area (Å²) in [5.74, 6) is 0.584. The lowest BCUT2D eigenvalue weighted by Crippen LogP contribution is -2.45. The minimum absolute atomic E-state index is 0.195. The summed E-state index contributed by atoms with van der Waals surface area (Å²) in [6, 6.07) is 0. The highest BCUT2D eigenvalue weighted by atomic mass is 15.2. The molecule has 18 heavy (non-hydrogen) atoms. The van der Waals surface area contributed by atoms with Crippen molar-refractivity contribution in [3.05, 3.63) is 11.4 Å². The first-order valence-electron chi connectivity index (χ1n) is 6.83. The fraction of sp³-hybridized carbons (Fsp3) is 0.769. The summed E-state index contributed by atoms with van der Waals surface area (Å²) < 4.78 is 0. The number of hydrogen-bond donors (Lipinski definition) is 2. The van der Waals surface area contributed by atoms with Crippen molar-refractivity contribution in [3.8, 4) is 0 Å². The van der Waals surface area contributed by atoms with E-state index >= 15 is 0 Å². The third-order valence-corrected chi connectivity index (χ3v) is 3.52. The van der Waals surface area contributed by atoms with Gasteiger partial charge in [0, 0.05) is 12.1 Å². The van der Waals surface area contributed by atoms with Gasteiger partial charge in [-0.3, -0.25) is 0 Å². The predicted octanol–water partition coefficient (Wildman–Crippen LogP) is 1.93. The number of nitrogens with one attached hydrogen (secondary N) is 1. The molecule has 0 radical (unpaired) electrons. The minimum Gasteiger partial charge on any atom is -0.351 e. The van der Waals surface area contributed by atoms with Crippen LogP contribution in [0.2, 0.25) is 0 Å². The monoisotopic (exact) mass is 251 g/mol. The molecule has 5 heteroatoms. The van der Waals surface area contributed by atoms with E-state index in [0.29, 0.717) is 12.5 Å². The van der Waals surface area contributed by atoms with Crippen LogP contribution in [0.5, 0.6) is 0 Å². The molecule has 1 heterocycles. The highest BCUT2D eigenvalue weighted by Gasteiger charge is 2.20. The van der Waals surface area contributed by atoms with Crippen molar-refractivity contribution in [2.45, 2.75) is 58.9 Å². The standard InChI is InChI=1S/C13H25N5/c1-5-10-11(6-2)17-18-12(16-10)15-9-13(14,7-3)8-4/h5-9,14H2,1-4H3,(H,15,16,18). The molecule has 1 aromatic heterocycles. The molecule has 3 N–H and O–H groups in total. The number of aromatic nitrogens is 3. The van der Waals surface area contributed by atoms with Crippen molar-refractivity contribution in [2.75, 3.05) is 11.9 Å². The average Bonchev–Trinajstić information content (AvgIpc) is 2.44. The highest BCUT2D eigenvalue weighted by molar-refractivity contribution is 5.26. The van der Waals surface area contributed by atoms with Gasteiger partial charge in [0.05, 0.1) is 11.4 Å². The van der Waals surface area contributed by atoms with E-state index in [1.165, 1.54) is 0 Å². The van der Waals surface area contributed by atoms with Crippen LogP contribution >= 0.6 is 0 Å². The van der Waals surface area contributed by atoms with Crippen molar-refractivity contribution in [1.82, 2.24) is 15.2 Å². The normalized spacial score (nSPS) is 11.6. The van der Waals surface area contributed by atoms with Crippen molar-refractivity contribution in [2.24, 2.45) is 5.73 Å². The SMILES string of the molecule is CCc1nnc(NCC(N)(CC)CC)nc1CC. The van der Waals surface area contributed by atoms with Crippen LogP contribution in [0.4, 0.5) is 5.95 Å². The first-order valence-corrected chi connectivity index (χ1v) is 6.83. The molecule has 0 atom stereocenters. The second kappa shape index (κ2) is 6.64. The van der Waals surface area contributed by atoms with Gasteiger partial charge in [0.15, 0.2) is 0 Å². The maximum atomic E-state index is 6.23. The summed E-state index contributed by atoms with van der Waals surface area (Å²) in [5.41, 5.74) is 8.04. The van der Waals surface area contributed by atoms with Crippen LogP contribution in [0.25, 0.3) is 0 Å². The molecule has 5 nitrogen and oxygen atoms in total. The zero-order valence-electron chi connectivity index (χ0n) is 12.0. The van der Waals surface area contributed by atoms with E-state index in [4.69, 9.17) is 5.73 Å². The summed E-state index contributed by atoms with van der Waals surface area (Å²) in [6.45, 7) is 9.02. The quantitative estimate of drug-likeness (QED) is 0.774. The van der Waals surface area contributed by atoms with Crippen LogP contribution in [-0.4, -0.2) is 27.3 Å². The van der Waals surface area contributed by atoms with Gasteiger partial charge in [-0.05, 0) is 25.7 Å². The number of aryl methyl sites for hydroxylation is 2. The van der Waals surface area contributed by atoms with E-state index in [2.05, 4.69) is 48.2 Å². The van der Waals surface area contributed by atoms with Gasteiger partial charge >= 0.3 is 0 Å². The van der Waals surface area contributed by atoms with Gasteiger partial charge in [-0.15, -0.1) is 5.10 Å². The fourth-order valence-corrected chi connectivity index (χ4v) is 1.77. The second-order valence-corrected chi connectivity index (χ2v) is 4.66. The Hall–Kier alpha value is -1.23. The summed E-state index contributed by atoms with van der Waals surface area (Å²) in [4.78, 5) is 4.49. The third kappa shape index (κ3) is 3.63. The molecule has 0 aliphatic carbocycles. The van der Waals surface area contributed by atoms with Gasteiger partial charge in [-0.1, -0.05) is 27.7 Å². The molecular formula is C13H25N5. The summed E-state index contributed by atoms with van der Waals surface area (Å²) in [6.07, 6.45) is 3.60. The average molecular weight is 251 g/mol. The van der Waals surface area contributed by atoms with Gasteiger partial charge in [0.1, 0.15) is 0 Å². The van der Waals surface area contributed by atoms with Crippen molar-refractivity contribution >= 4 is 5.95 Å². The van der Waals surface area contributed by atoms with E-state index in [1.54, 1.807) is 0 Å². The minimum atomic E-state index is -0.195. The molecule has 0 spiro atoms. The lowest BCUT2D eigenvalue weighted by molar-refractivity contribution is 0.417. The largest absolute Gasteiger partial charge is 0.351 e. The molecule has 1 aromatic rings. The molecule has 0 unspecified atom stereocenters. The molecule has 0 aliphatic heterocycles. The van der Waals surface area contributed by atoms with Crippen molar-refractivity contribution in [3.63, 3.8) is 0 Å². The summed E-state index contributed by atoms with van der Waals surface area (Å²) in [5, 5.41) is 11.5. The summed E-state index contributed by atoms with van der Waals surface area (Å²) >= 11 is 0. The van der Waals surface area contributed by atoms with E-state index in [0.717, 1.165) is 37.1 Å². The number of nitrogens with zero attached hydrogens (tertiary/aromatic N) is 3. The first-order chi connectivity index (χ1) is 8.58. The number of rotatable bonds is 7. The topological polar surface area (TPSA) is 76.7 Å². The van der Waals surface area contributed by atoms with E-state index in [1.807, 2.05) is 0 Å². The molecule has 0 aromatic carbocycles. The maximum absolute atomic E-state index is 6.23. The van der Waals surface area contributed by atoms with Crippen molar-refractivity contribution in [1.29, 1.82) is 0 Å². The number of nitrogens with two attached hydrogens (primary N) is 1. The van der Waals surface area contributed by atoms with Crippen LogP contribution in [0, 0.1) is 0 Å². The van der Waals surface area contributed by atoms with Crippen LogP contribution in [0.15, 0.2) is 0 Å². The maximum Gasteiger partial charge on any atom is 0.243 e. The van der Waals surface area contributed by atoms with Gasteiger partial charge in [0.2, 0.25) is 5.95 Å². The molecule has 1 rings (SSSR count). The third-order valence-electron chi connectivity index (χ3n) is 3.52. The number of hydrogen-bond acceptors (Lipinski definition) is 5. The van der Waals surface area contributed by atoms with Gasteiger partial charge in [0.25, 0.3) is 0 Å². The molecule has 0 aliphatic rings. The lowest BCUT2D eigenvalue weighted by Gasteiger charge is -2.26. The molecular weight excluding hydrogens is 226 g/mol. The highest BCUT2D eigenvalue weighted by Crippen LogP contribution is 2.12.